The van der Waals surface area contributed by atoms with Crippen molar-refractivity contribution < 1.29 is 0 Å². The van der Waals surface area contributed by atoms with Crippen LogP contribution in [0.3, 0.4) is 0 Å². The molecule has 0 nitrogen and oxygen atoms in total. The molecule has 0 radical (unpaired) electrons. The number of halogens is 17. The monoisotopic (exact) mass is 776 g/mol. The van der Waals surface area contributed by atoms with E-state index in [4.69, 9.17) is 197 Å². The van der Waals surface area contributed by atoms with Crippen molar-refractivity contribution in [1.29, 1.82) is 0 Å². The predicted molar refractivity (Wildman–Crippen MR) is 150 cm³/mol. The topological polar surface area (TPSA) is 0 Å². The Labute approximate surface area is 267 Å². The van der Waals surface area contributed by atoms with Crippen LogP contribution < -0.4 is 0 Å². The van der Waals surface area contributed by atoms with Crippen LogP contribution in [0.15, 0.2) is 0 Å². The van der Waals surface area contributed by atoms with Crippen LogP contribution in [0, 0.1) is 0 Å². The number of unbranched alkanes of at least 4 members (excludes halogenated alkanes) is 3. The van der Waals surface area contributed by atoms with Gasteiger partial charge in [-0.2, -0.15) is 0 Å². The first-order valence-corrected chi connectivity index (χ1v) is 14.4. The van der Waals surface area contributed by atoms with Crippen LogP contribution in [0.25, 0.3) is 0 Å². The van der Waals surface area contributed by atoms with Crippen molar-refractivity contribution in [2.24, 2.45) is 0 Å². The van der Waals surface area contributed by atoms with E-state index in [2.05, 4.69) is 0 Å². The summed E-state index contributed by atoms with van der Waals surface area (Å²) in [6.07, 6.45) is 3.15. The third-order valence-electron chi connectivity index (χ3n) is 4.13. The van der Waals surface area contributed by atoms with E-state index in [-0.39, 0.29) is 6.42 Å². The Morgan fingerprint density at radius 1 is 0.387 bits per heavy atom. The van der Waals surface area contributed by atoms with E-state index >= 15 is 0 Å². The van der Waals surface area contributed by atoms with Gasteiger partial charge in [0, 0.05) is 0 Å². The highest BCUT2D eigenvalue weighted by Crippen LogP contribution is 2.72. The summed E-state index contributed by atoms with van der Waals surface area (Å²) in [5.41, 5.74) is 0. The highest BCUT2D eigenvalue weighted by atomic mass is 35.6. The van der Waals surface area contributed by atoms with Crippen LogP contribution >= 0.6 is 197 Å². The van der Waals surface area contributed by atoms with Crippen molar-refractivity contribution in [3.63, 3.8) is 0 Å². The van der Waals surface area contributed by atoms with Crippen LogP contribution in [0.1, 0.15) is 39.0 Å². The summed E-state index contributed by atoms with van der Waals surface area (Å²) in [5, 5.41) is 0. The van der Waals surface area contributed by atoms with Gasteiger partial charge in [0.15, 0.2) is 26.0 Å². The van der Waals surface area contributed by atoms with Gasteiger partial charge < -0.3 is 0 Å². The average Bonchev–Trinajstić information content (AvgIpc) is 2.56. The predicted octanol–water partition coefficient (Wildman–Crippen LogP) is 12.5. The van der Waals surface area contributed by atoms with E-state index < -0.39 is 34.1 Å². The van der Waals surface area contributed by atoms with Crippen LogP contribution in [0.4, 0.5) is 0 Å². The minimum Gasteiger partial charge on any atom is -0.0982 e. The minimum atomic E-state index is -2.93. The van der Waals surface area contributed by atoms with Crippen molar-refractivity contribution in [2.75, 3.05) is 0 Å². The highest BCUT2D eigenvalue weighted by molar-refractivity contribution is 6.83. The van der Waals surface area contributed by atoms with Crippen LogP contribution in [0.5, 0.6) is 0 Å². The van der Waals surface area contributed by atoms with E-state index in [1.165, 1.54) is 0 Å². The third-order valence-corrected chi connectivity index (χ3v) is 15.7. The Bertz CT molecular complexity index is 600. The van der Waals surface area contributed by atoms with Crippen molar-refractivity contribution >= 4 is 197 Å². The van der Waals surface area contributed by atoms with Gasteiger partial charge in [0.05, 0.1) is 0 Å². The zero-order chi connectivity index (χ0) is 25.5. The zero-order valence-electron chi connectivity index (χ0n) is 15.0. The lowest BCUT2D eigenvalue weighted by atomic mass is 10.00. The summed E-state index contributed by atoms with van der Waals surface area (Å²) in [7, 11) is 0. The minimum absolute atomic E-state index is 0.0295. The van der Waals surface area contributed by atoms with E-state index in [9.17, 15) is 0 Å². The van der Waals surface area contributed by atoms with Gasteiger partial charge in [-0.05, 0) is 6.42 Å². The Balaban J connectivity index is 6.37. The number of rotatable bonds is 11. The number of hydrogen-bond acceptors (Lipinski definition) is 0. The first-order valence-electron chi connectivity index (χ1n) is 8.02. The molecule has 0 rings (SSSR count). The van der Waals surface area contributed by atoms with Gasteiger partial charge in [-0.1, -0.05) is 230 Å². The maximum absolute atomic E-state index is 6.40. The van der Waals surface area contributed by atoms with Crippen molar-refractivity contribution in [2.45, 2.75) is 73.2 Å². The molecule has 0 aliphatic heterocycles. The van der Waals surface area contributed by atoms with Gasteiger partial charge in [-0.25, -0.2) is 0 Å². The summed E-state index contributed by atoms with van der Waals surface area (Å²) in [4.78, 5) is 0. The molecule has 0 spiro atoms. The molecule has 0 amide bonds. The lowest BCUT2D eigenvalue weighted by molar-refractivity contribution is 0.436. The van der Waals surface area contributed by atoms with Gasteiger partial charge in [-0.15, -0.1) is 0 Å². The fourth-order valence-electron chi connectivity index (χ4n) is 2.13. The van der Waals surface area contributed by atoms with Gasteiger partial charge in [0.1, 0.15) is 0 Å². The molecule has 0 saturated carbocycles. The molecule has 0 aromatic rings. The van der Waals surface area contributed by atoms with Gasteiger partial charge in [0.25, 0.3) is 0 Å². The second-order valence-electron chi connectivity index (χ2n) is 6.46. The van der Waals surface area contributed by atoms with Crippen LogP contribution in [-0.2, 0) is 0 Å². The van der Waals surface area contributed by atoms with E-state index in [0.29, 0.717) is 6.42 Å². The molecule has 0 atom stereocenters. The molecule has 31 heavy (non-hydrogen) atoms. The third kappa shape index (κ3) is 6.75. The van der Waals surface area contributed by atoms with Gasteiger partial charge >= 0.3 is 0 Å². The molecule has 0 aliphatic rings. The molecule has 0 aromatic carbocycles. The summed E-state index contributed by atoms with van der Waals surface area (Å²) < 4.78 is -21.3. The molecule has 0 aliphatic carbocycles. The maximum atomic E-state index is 6.40. The molecule has 0 bridgehead atoms. The Hall–Kier alpha value is 4.93. The largest absolute Gasteiger partial charge is 0.226 e. The summed E-state index contributed by atoms with van der Waals surface area (Å²) in [5.74, 6) is 0. The standard InChI is InChI=1S/C14H13Cl17/c1-2-3-4-5-6-7(15,16)8(17,18)9(19,20)10(21,22)11(23,24)12(25,26)13(27,28)14(29,30)31/h2-6H2,1H3. The Morgan fingerprint density at radius 2 is 0.710 bits per heavy atom. The van der Waals surface area contributed by atoms with E-state index in [0.717, 1.165) is 19.3 Å². The van der Waals surface area contributed by atoms with Crippen molar-refractivity contribution in [3.8, 4) is 0 Å². The molecule has 188 valence electrons. The fourth-order valence-corrected chi connectivity index (χ4v) is 7.42. The first kappa shape index (κ1) is 35.9. The highest BCUT2D eigenvalue weighted by Gasteiger charge is 2.80. The second kappa shape index (κ2) is 12.0. The normalized spacial score (nSPS) is 16.1. The molecular formula is C14H13Cl17. The average molecular weight is 784 g/mol. The summed E-state index contributed by atoms with van der Waals surface area (Å²) in [6.45, 7) is 2.01. The summed E-state index contributed by atoms with van der Waals surface area (Å²) >= 11 is 106. The molecule has 0 N–H and O–H groups in total. The smallest absolute Gasteiger partial charge is 0.0982 e. The second-order valence-corrected chi connectivity index (χ2v) is 18.2. The number of alkyl halides is 17. The molecule has 0 fully saturated rings. The molecular weight excluding hydrogens is 771 g/mol. The molecule has 0 saturated heterocycles. The van der Waals surface area contributed by atoms with Crippen molar-refractivity contribution in [3.05, 3.63) is 0 Å². The van der Waals surface area contributed by atoms with Gasteiger partial charge in [-0.3, -0.25) is 0 Å². The zero-order valence-corrected chi connectivity index (χ0v) is 27.8. The van der Waals surface area contributed by atoms with Crippen molar-refractivity contribution in [1.82, 2.24) is 0 Å². The molecule has 0 heterocycles. The quantitative estimate of drug-likeness (QED) is 0.145. The maximum Gasteiger partial charge on any atom is 0.226 e. The molecule has 0 unspecified atom stereocenters. The van der Waals surface area contributed by atoms with Gasteiger partial charge in [0.2, 0.25) is 8.13 Å². The Kier molecular flexibility index (Phi) is 13.9. The van der Waals surface area contributed by atoms with E-state index in [1.54, 1.807) is 0 Å². The Morgan fingerprint density at radius 3 is 1.03 bits per heavy atom. The first-order chi connectivity index (χ1) is 13.3. The lowest BCUT2D eigenvalue weighted by Crippen LogP contribution is -2.70. The lowest BCUT2D eigenvalue weighted by Gasteiger charge is -2.54. The fraction of sp³-hybridized carbons (Fsp3) is 1.00. The van der Waals surface area contributed by atoms with Crippen LogP contribution in [-0.4, -0.2) is 34.1 Å². The summed E-state index contributed by atoms with van der Waals surface area (Å²) in [6, 6.07) is 0. The van der Waals surface area contributed by atoms with E-state index in [1.807, 2.05) is 6.92 Å². The molecule has 0 aromatic heterocycles. The SMILES string of the molecule is CCCCCCC(Cl)(Cl)C(Cl)(Cl)C(Cl)(Cl)C(Cl)(Cl)C(Cl)(Cl)C(Cl)(Cl)C(Cl)(Cl)C(Cl)(Cl)Cl. The van der Waals surface area contributed by atoms with Crippen LogP contribution in [0.2, 0.25) is 0 Å². The number of hydrogen-bond donors (Lipinski definition) is 0. The molecule has 17 heteroatoms.